The van der Waals surface area contributed by atoms with Crippen molar-refractivity contribution >= 4 is 0 Å². The molecule has 0 saturated carbocycles. The van der Waals surface area contributed by atoms with Crippen molar-refractivity contribution in [2.24, 2.45) is 0 Å². The fraction of sp³-hybridized carbons (Fsp3) is 0.286. The van der Waals surface area contributed by atoms with Gasteiger partial charge in [-0.25, -0.2) is 4.98 Å². The monoisotopic (exact) mass is 244 g/mol. The molecule has 0 atom stereocenters. The Hall–Kier alpha value is -1.94. The number of nitrogens with zero attached hydrogens (tertiary/aromatic N) is 1. The minimum Gasteiger partial charge on any atom is -0.374 e. The zero-order valence-corrected chi connectivity index (χ0v) is 10.6. The molecule has 4 nitrogen and oxygen atoms in total. The van der Waals surface area contributed by atoms with E-state index in [0.29, 0.717) is 24.7 Å². The molecule has 0 aliphatic heterocycles. The van der Waals surface area contributed by atoms with Crippen molar-refractivity contribution in [2.45, 2.75) is 20.5 Å². The van der Waals surface area contributed by atoms with Gasteiger partial charge in [-0.2, -0.15) is 0 Å². The fourth-order valence-corrected chi connectivity index (χ4v) is 1.65. The van der Waals surface area contributed by atoms with Crippen LogP contribution in [0.3, 0.4) is 0 Å². The van der Waals surface area contributed by atoms with Gasteiger partial charge in [0.25, 0.3) is 5.56 Å². The summed E-state index contributed by atoms with van der Waals surface area (Å²) in [4.78, 5) is 18.6. The average Bonchev–Trinajstić information content (AvgIpc) is 2.36. The summed E-state index contributed by atoms with van der Waals surface area (Å²) in [7, 11) is 0. The van der Waals surface area contributed by atoms with E-state index in [0.717, 1.165) is 5.56 Å². The number of aryl methyl sites for hydroxylation is 1. The Bertz CT molecular complexity index is 573. The molecular weight excluding hydrogens is 228 g/mol. The third-order valence-electron chi connectivity index (χ3n) is 2.58. The van der Waals surface area contributed by atoms with Crippen LogP contribution in [0.4, 0.5) is 0 Å². The molecule has 0 unspecified atom stereocenters. The van der Waals surface area contributed by atoms with Gasteiger partial charge in [-0.15, -0.1) is 0 Å². The van der Waals surface area contributed by atoms with Crippen molar-refractivity contribution in [1.82, 2.24) is 9.97 Å². The molecule has 0 spiro atoms. The van der Waals surface area contributed by atoms with Crippen molar-refractivity contribution in [3.8, 4) is 11.3 Å². The van der Waals surface area contributed by atoms with Gasteiger partial charge < -0.3 is 9.72 Å². The van der Waals surface area contributed by atoms with Gasteiger partial charge in [0.15, 0.2) is 0 Å². The van der Waals surface area contributed by atoms with Crippen LogP contribution in [0.5, 0.6) is 0 Å². The van der Waals surface area contributed by atoms with Crippen molar-refractivity contribution < 1.29 is 4.74 Å². The molecule has 0 radical (unpaired) electrons. The number of aromatic amines is 1. The third kappa shape index (κ3) is 3.05. The Balaban J connectivity index is 2.35. The predicted molar refractivity (Wildman–Crippen MR) is 70.4 cm³/mol. The van der Waals surface area contributed by atoms with Crippen LogP contribution < -0.4 is 5.56 Å². The first-order chi connectivity index (χ1) is 8.69. The van der Waals surface area contributed by atoms with Gasteiger partial charge in [-0.3, -0.25) is 4.79 Å². The summed E-state index contributed by atoms with van der Waals surface area (Å²) in [6.45, 7) is 4.85. The number of hydrogen-bond donors (Lipinski definition) is 1. The molecule has 1 aromatic heterocycles. The number of rotatable bonds is 4. The molecule has 94 valence electrons. The zero-order chi connectivity index (χ0) is 13.0. The second kappa shape index (κ2) is 5.60. The van der Waals surface area contributed by atoms with Crippen LogP contribution in [0.2, 0.25) is 0 Å². The first-order valence-corrected chi connectivity index (χ1v) is 5.94. The Labute approximate surface area is 106 Å². The number of benzene rings is 1. The quantitative estimate of drug-likeness (QED) is 0.897. The van der Waals surface area contributed by atoms with Crippen LogP contribution in [0, 0.1) is 6.92 Å². The van der Waals surface area contributed by atoms with E-state index < -0.39 is 0 Å². The van der Waals surface area contributed by atoms with E-state index in [9.17, 15) is 4.79 Å². The van der Waals surface area contributed by atoms with Gasteiger partial charge in [0.1, 0.15) is 12.4 Å². The summed E-state index contributed by atoms with van der Waals surface area (Å²) >= 11 is 0. The molecule has 1 N–H and O–H groups in total. The normalized spacial score (nSPS) is 10.6. The topological polar surface area (TPSA) is 55.0 Å². The standard InChI is InChI=1S/C14H16N2O2/c1-3-18-9-13-15-12(8-14(17)16-13)11-6-4-10(2)5-7-11/h4-8H,3,9H2,1-2H3,(H,15,16,17). The van der Waals surface area contributed by atoms with Crippen molar-refractivity contribution in [3.63, 3.8) is 0 Å². The fourth-order valence-electron chi connectivity index (χ4n) is 1.65. The van der Waals surface area contributed by atoms with Crippen molar-refractivity contribution in [3.05, 3.63) is 52.1 Å². The molecule has 18 heavy (non-hydrogen) atoms. The molecule has 0 fully saturated rings. The molecule has 0 aliphatic carbocycles. The van der Waals surface area contributed by atoms with Crippen LogP contribution in [0.25, 0.3) is 11.3 Å². The Morgan fingerprint density at radius 3 is 2.67 bits per heavy atom. The van der Waals surface area contributed by atoms with Gasteiger partial charge in [0.2, 0.25) is 0 Å². The lowest BCUT2D eigenvalue weighted by atomic mass is 10.1. The smallest absolute Gasteiger partial charge is 0.251 e. The second-order valence-electron chi connectivity index (χ2n) is 4.08. The predicted octanol–water partition coefficient (Wildman–Crippen LogP) is 2.28. The highest BCUT2D eigenvalue weighted by atomic mass is 16.5. The summed E-state index contributed by atoms with van der Waals surface area (Å²) in [5.74, 6) is 0.555. The summed E-state index contributed by atoms with van der Waals surface area (Å²) in [6, 6.07) is 9.42. The minimum absolute atomic E-state index is 0.157. The molecule has 0 aliphatic rings. The van der Waals surface area contributed by atoms with E-state index in [1.54, 1.807) is 0 Å². The number of H-pyrrole nitrogens is 1. The molecule has 4 heteroatoms. The summed E-state index contributed by atoms with van der Waals surface area (Å²) in [5.41, 5.74) is 2.63. The highest BCUT2D eigenvalue weighted by molar-refractivity contribution is 5.58. The Kier molecular flexibility index (Phi) is 3.89. The maximum Gasteiger partial charge on any atom is 0.251 e. The molecule has 1 aromatic carbocycles. The Morgan fingerprint density at radius 2 is 2.00 bits per heavy atom. The maximum absolute atomic E-state index is 11.6. The Morgan fingerprint density at radius 1 is 1.28 bits per heavy atom. The number of aromatic nitrogens is 2. The lowest BCUT2D eigenvalue weighted by Crippen LogP contribution is -2.12. The lowest BCUT2D eigenvalue weighted by Gasteiger charge is -2.05. The molecule has 0 saturated heterocycles. The average molecular weight is 244 g/mol. The van der Waals surface area contributed by atoms with Gasteiger partial charge in [-0.05, 0) is 13.8 Å². The van der Waals surface area contributed by atoms with Crippen molar-refractivity contribution in [1.29, 1.82) is 0 Å². The molecule has 2 rings (SSSR count). The summed E-state index contributed by atoms with van der Waals surface area (Å²) in [6.07, 6.45) is 0. The van der Waals surface area contributed by atoms with E-state index in [-0.39, 0.29) is 5.56 Å². The SMILES string of the molecule is CCOCc1nc(-c2ccc(C)cc2)cc(=O)[nH]1. The molecule has 2 aromatic rings. The molecule has 0 bridgehead atoms. The van der Waals surface area contributed by atoms with E-state index in [1.807, 2.05) is 38.1 Å². The van der Waals surface area contributed by atoms with Crippen LogP contribution in [-0.4, -0.2) is 16.6 Å². The van der Waals surface area contributed by atoms with Gasteiger partial charge in [0.05, 0.1) is 5.69 Å². The van der Waals surface area contributed by atoms with Gasteiger partial charge in [0, 0.05) is 18.2 Å². The van der Waals surface area contributed by atoms with Crippen LogP contribution in [0.15, 0.2) is 35.1 Å². The van der Waals surface area contributed by atoms with E-state index in [2.05, 4.69) is 9.97 Å². The van der Waals surface area contributed by atoms with E-state index >= 15 is 0 Å². The molecule has 0 amide bonds. The van der Waals surface area contributed by atoms with Crippen molar-refractivity contribution in [2.75, 3.05) is 6.61 Å². The van der Waals surface area contributed by atoms with E-state index in [1.165, 1.54) is 11.6 Å². The number of hydrogen-bond acceptors (Lipinski definition) is 3. The molecule has 1 heterocycles. The van der Waals surface area contributed by atoms with Gasteiger partial charge in [-0.1, -0.05) is 29.8 Å². The first kappa shape index (κ1) is 12.5. The lowest BCUT2D eigenvalue weighted by molar-refractivity contribution is 0.128. The zero-order valence-electron chi connectivity index (χ0n) is 10.6. The highest BCUT2D eigenvalue weighted by Crippen LogP contribution is 2.15. The molecular formula is C14H16N2O2. The minimum atomic E-state index is -0.157. The largest absolute Gasteiger partial charge is 0.374 e. The summed E-state index contributed by atoms with van der Waals surface area (Å²) in [5, 5.41) is 0. The van der Waals surface area contributed by atoms with Gasteiger partial charge >= 0.3 is 0 Å². The van der Waals surface area contributed by atoms with Crippen LogP contribution >= 0.6 is 0 Å². The van der Waals surface area contributed by atoms with Crippen LogP contribution in [-0.2, 0) is 11.3 Å². The number of nitrogens with one attached hydrogen (secondary N) is 1. The maximum atomic E-state index is 11.6. The first-order valence-electron chi connectivity index (χ1n) is 5.94. The second-order valence-corrected chi connectivity index (χ2v) is 4.08. The highest BCUT2D eigenvalue weighted by Gasteiger charge is 2.03. The number of ether oxygens (including phenoxy) is 1. The summed E-state index contributed by atoms with van der Waals surface area (Å²) < 4.78 is 5.25. The van der Waals surface area contributed by atoms with E-state index in [4.69, 9.17) is 4.74 Å². The van der Waals surface area contributed by atoms with Crippen LogP contribution in [0.1, 0.15) is 18.3 Å². The third-order valence-corrected chi connectivity index (χ3v) is 2.58.